The minimum absolute atomic E-state index is 0.0208. The summed E-state index contributed by atoms with van der Waals surface area (Å²) in [6.07, 6.45) is 0.189. The van der Waals surface area contributed by atoms with E-state index in [1.165, 1.54) is 23.1 Å². The van der Waals surface area contributed by atoms with Crippen LogP contribution in [-0.4, -0.2) is 30.4 Å². The van der Waals surface area contributed by atoms with E-state index in [0.717, 1.165) is 5.56 Å². The van der Waals surface area contributed by atoms with Gasteiger partial charge in [-0.1, -0.05) is 54.6 Å². The molecular weight excluding hydrogens is 411 g/mol. The summed E-state index contributed by atoms with van der Waals surface area (Å²) in [7, 11) is 0. The zero-order chi connectivity index (χ0) is 22.5. The first-order valence-corrected chi connectivity index (χ1v) is 10.1. The number of para-hydroxylation sites is 3. The fraction of sp³-hybridized carbons (Fsp3) is 0.125. The molecule has 1 aliphatic heterocycles. The van der Waals surface area contributed by atoms with Crippen molar-refractivity contribution in [2.45, 2.75) is 12.5 Å². The molecule has 7 nitrogen and oxygen atoms in total. The van der Waals surface area contributed by atoms with Gasteiger partial charge in [-0.25, -0.2) is 9.18 Å². The summed E-state index contributed by atoms with van der Waals surface area (Å²) in [5.74, 6) is -1.48. The zero-order valence-electron chi connectivity index (χ0n) is 17.0. The summed E-state index contributed by atoms with van der Waals surface area (Å²) in [4.78, 5) is 39.5. The second-order valence-electron chi connectivity index (χ2n) is 7.31. The molecule has 4 rings (SSSR count). The summed E-state index contributed by atoms with van der Waals surface area (Å²) < 4.78 is 14.0. The fourth-order valence-corrected chi connectivity index (χ4v) is 3.48. The molecule has 1 unspecified atom stereocenters. The molecule has 8 heteroatoms. The molecule has 0 radical (unpaired) electrons. The number of anilines is 3. The molecule has 3 aromatic rings. The van der Waals surface area contributed by atoms with Gasteiger partial charge in [0.25, 0.3) is 0 Å². The minimum atomic E-state index is -0.998. The summed E-state index contributed by atoms with van der Waals surface area (Å²) in [6.45, 7) is -0.185. The lowest BCUT2D eigenvalue weighted by atomic mass is 10.1. The highest BCUT2D eigenvalue weighted by Gasteiger charge is 2.30. The number of nitrogens with one attached hydrogen (secondary N) is 3. The Morgan fingerprint density at radius 1 is 0.969 bits per heavy atom. The Morgan fingerprint density at radius 2 is 1.66 bits per heavy atom. The third-order valence-electron chi connectivity index (χ3n) is 5.04. The first-order chi connectivity index (χ1) is 15.5. The Labute approximate surface area is 184 Å². The van der Waals surface area contributed by atoms with Gasteiger partial charge in [-0.2, -0.15) is 0 Å². The summed E-state index contributed by atoms with van der Waals surface area (Å²) >= 11 is 0. The standard InChI is InChI=1S/C24H21FN4O3/c25-17-10-4-5-11-18(17)27-23(31)20(14-16-8-2-1-3-9-16)28-24(32)29-15-22(30)26-19-12-6-7-13-21(19)29/h1-13,20H,14-15H2,(H,26,30)(H,27,31)(H,28,32). The van der Waals surface area contributed by atoms with Crippen molar-refractivity contribution >= 4 is 34.9 Å². The molecule has 0 bridgehead atoms. The van der Waals surface area contributed by atoms with Gasteiger partial charge in [-0.3, -0.25) is 14.5 Å². The monoisotopic (exact) mass is 432 g/mol. The first-order valence-electron chi connectivity index (χ1n) is 10.1. The number of nitrogens with zero attached hydrogens (tertiary/aromatic N) is 1. The molecule has 0 fully saturated rings. The maximum absolute atomic E-state index is 14.0. The van der Waals surface area contributed by atoms with Crippen LogP contribution in [0.4, 0.5) is 26.2 Å². The molecule has 1 heterocycles. The highest BCUT2D eigenvalue weighted by molar-refractivity contribution is 6.10. The lowest BCUT2D eigenvalue weighted by Crippen LogP contribution is -2.53. The number of hydrogen-bond donors (Lipinski definition) is 3. The lowest BCUT2D eigenvalue weighted by Gasteiger charge is -2.30. The third kappa shape index (κ3) is 4.75. The van der Waals surface area contributed by atoms with Crippen LogP contribution in [0.1, 0.15) is 5.56 Å². The number of amides is 4. The van der Waals surface area contributed by atoms with E-state index in [1.54, 1.807) is 30.3 Å². The van der Waals surface area contributed by atoms with Crippen molar-refractivity contribution in [1.29, 1.82) is 0 Å². The van der Waals surface area contributed by atoms with Crippen LogP contribution in [0.15, 0.2) is 78.9 Å². The molecule has 0 saturated carbocycles. The molecule has 4 amide bonds. The van der Waals surface area contributed by atoms with Crippen LogP contribution in [0.2, 0.25) is 0 Å². The average molecular weight is 432 g/mol. The Hall–Kier alpha value is -4.20. The fourth-order valence-electron chi connectivity index (χ4n) is 3.48. The average Bonchev–Trinajstić information content (AvgIpc) is 2.80. The molecule has 32 heavy (non-hydrogen) atoms. The molecular formula is C24H21FN4O3. The minimum Gasteiger partial charge on any atom is -0.326 e. The van der Waals surface area contributed by atoms with E-state index < -0.39 is 23.8 Å². The molecule has 1 atom stereocenters. The highest BCUT2D eigenvalue weighted by Crippen LogP contribution is 2.29. The highest BCUT2D eigenvalue weighted by atomic mass is 19.1. The molecule has 0 aromatic heterocycles. The number of hydrogen-bond acceptors (Lipinski definition) is 3. The van der Waals surface area contributed by atoms with E-state index in [2.05, 4.69) is 16.0 Å². The molecule has 162 valence electrons. The Balaban J connectivity index is 1.57. The largest absolute Gasteiger partial charge is 0.326 e. The van der Waals surface area contributed by atoms with Crippen LogP contribution in [-0.2, 0) is 16.0 Å². The molecule has 0 saturated heterocycles. The molecule has 0 spiro atoms. The van der Waals surface area contributed by atoms with Crippen molar-refractivity contribution in [3.05, 3.63) is 90.2 Å². The van der Waals surface area contributed by atoms with Gasteiger partial charge in [-0.05, 0) is 29.8 Å². The Bertz CT molecular complexity index is 1150. The number of fused-ring (bicyclic) bond motifs is 1. The van der Waals surface area contributed by atoms with Gasteiger partial charge < -0.3 is 16.0 Å². The van der Waals surface area contributed by atoms with Crippen LogP contribution in [0.3, 0.4) is 0 Å². The van der Waals surface area contributed by atoms with Crippen molar-refractivity contribution in [2.24, 2.45) is 0 Å². The van der Waals surface area contributed by atoms with Crippen LogP contribution in [0, 0.1) is 5.82 Å². The smallest absolute Gasteiger partial charge is 0.323 e. The first kappa shape index (κ1) is 21.0. The van der Waals surface area contributed by atoms with E-state index in [9.17, 15) is 18.8 Å². The van der Waals surface area contributed by atoms with Crippen LogP contribution < -0.4 is 20.9 Å². The van der Waals surface area contributed by atoms with Crippen molar-refractivity contribution in [1.82, 2.24) is 5.32 Å². The third-order valence-corrected chi connectivity index (χ3v) is 5.04. The van der Waals surface area contributed by atoms with Gasteiger partial charge in [-0.15, -0.1) is 0 Å². The van der Waals surface area contributed by atoms with Crippen LogP contribution >= 0.6 is 0 Å². The van der Waals surface area contributed by atoms with Crippen molar-refractivity contribution in [3.63, 3.8) is 0 Å². The van der Waals surface area contributed by atoms with Gasteiger partial charge in [0.1, 0.15) is 18.4 Å². The lowest BCUT2D eigenvalue weighted by molar-refractivity contribution is -0.118. The number of urea groups is 1. The predicted molar refractivity (Wildman–Crippen MR) is 120 cm³/mol. The number of carbonyl (C=O) groups excluding carboxylic acids is 3. The summed E-state index contributed by atoms with van der Waals surface area (Å²) in [5.41, 5.74) is 1.87. The van der Waals surface area contributed by atoms with E-state index in [1.807, 2.05) is 30.3 Å². The van der Waals surface area contributed by atoms with Crippen LogP contribution in [0.25, 0.3) is 0 Å². The number of benzene rings is 3. The Kier molecular flexibility index (Phi) is 6.12. The van der Waals surface area contributed by atoms with Gasteiger partial charge >= 0.3 is 6.03 Å². The maximum atomic E-state index is 14.0. The normalized spacial score (nSPS) is 13.5. The van der Waals surface area contributed by atoms with E-state index in [-0.39, 0.29) is 24.6 Å². The summed E-state index contributed by atoms with van der Waals surface area (Å²) in [5, 5.41) is 7.97. The zero-order valence-corrected chi connectivity index (χ0v) is 17.0. The van der Waals surface area contributed by atoms with Crippen molar-refractivity contribution in [2.75, 3.05) is 22.1 Å². The number of rotatable bonds is 5. The van der Waals surface area contributed by atoms with E-state index in [0.29, 0.717) is 11.4 Å². The molecule has 1 aliphatic rings. The molecule has 3 N–H and O–H groups in total. The molecule has 3 aromatic carbocycles. The maximum Gasteiger partial charge on any atom is 0.323 e. The predicted octanol–water partition coefficient (Wildman–Crippen LogP) is 3.54. The SMILES string of the molecule is O=C1CN(C(=O)NC(Cc2ccccc2)C(=O)Nc2ccccc2F)c2ccccc2N1. The summed E-state index contributed by atoms with van der Waals surface area (Å²) in [6, 6.07) is 20.3. The quantitative estimate of drug-likeness (QED) is 0.576. The van der Waals surface area contributed by atoms with Gasteiger partial charge in [0.2, 0.25) is 11.8 Å². The number of halogens is 1. The van der Waals surface area contributed by atoms with E-state index >= 15 is 0 Å². The number of carbonyl (C=O) groups is 3. The van der Waals surface area contributed by atoms with E-state index in [4.69, 9.17) is 0 Å². The van der Waals surface area contributed by atoms with Crippen molar-refractivity contribution in [3.8, 4) is 0 Å². The molecule has 0 aliphatic carbocycles. The second kappa shape index (κ2) is 9.30. The van der Waals surface area contributed by atoms with Gasteiger partial charge in [0, 0.05) is 6.42 Å². The van der Waals surface area contributed by atoms with Gasteiger partial charge in [0.15, 0.2) is 0 Å². The van der Waals surface area contributed by atoms with Crippen molar-refractivity contribution < 1.29 is 18.8 Å². The second-order valence-corrected chi connectivity index (χ2v) is 7.31. The van der Waals surface area contributed by atoms with Gasteiger partial charge in [0.05, 0.1) is 17.1 Å². The van der Waals surface area contributed by atoms with Crippen LogP contribution in [0.5, 0.6) is 0 Å². The Morgan fingerprint density at radius 3 is 2.44 bits per heavy atom. The topological polar surface area (TPSA) is 90.5 Å².